The largest absolute Gasteiger partial charge is 0.381 e. The summed E-state index contributed by atoms with van der Waals surface area (Å²) in [6.07, 6.45) is 7.53. The Bertz CT molecular complexity index is 779. The molecule has 1 N–H and O–H groups in total. The summed E-state index contributed by atoms with van der Waals surface area (Å²) in [6, 6.07) is 7.83. The van der Waals surface area contributed by atoms with Crippen LogP contribution in [0.5, 0.6) is 0 Å². The molecule has 1 amide bonds. The highest BCUT2D eigenvalue weighted by Gasteiger charge is 2.24. The normalized spacial score (nSPS) is 16.0. The minimum Gasteiger partial charge on any atom is -0.381 e. The standard InChI is InChI=1S/C19H23N3O2/c1-4-19(2,3)20-18(23)17-15-7-5-6-8-16(15)22(21-17)13-14-9-11-24-12-10-14/h1,5-8,14H,9-13H2,2-3H3,(H,20,23). The number of fused-ring (bicyclic) bond motifs is 1. The molecule has 1 fully saturated rings. The highest BCUT2D eigenvalue weighted by atomic mass is 16.5. The van der Waals surface area contributed by atoms with Crippen LogP contribution in [-0.2, 0) is 11.3 Å². The summed E-state index contributed by atoms with van der Waals surface area (Å²) in [5, 5.41) is 8.31. The molecule has 0 radical (unpaired) electrons. The maximum Gasteiger partial charge on any atom is 0.273 e. The smallest absolute Gasteiger partial charge is 0.273 e. The number of nitrogens with one attached hydrogen (secondary N) is 1. The van der Waals surface area contributed by atoms with E-state index in [4.69, 9.17) is 11.2 Å². The number of rotatable bonds is 4. The van der Waals surface area contributed by atoms with E-state index in [1.54, 1.807) is 13.8 Å². The number of hydrogen-bond donors (Lipinski definition) is 1. The molecule has 2 heterocycles. The molecular weight excluding hydrogens is 302 g/mol. The van der Waals surface area contributed by atoms with E-state index >= 15 is 0 Å². The van der Waals surface area contributed by atoms with Crippen LogP contribution in [0.2, 0.25) is 0 Å². The summed E-state index contributed by atoms with van der Waals surface area (Å²) in [4.78, 5) is 12.6. The predicted molar refractivity (Wildman–Crippen MR) is 93.7 cm³/mol. The molecule has 0 bridgehead atoms. The van der Waals surface area contributed by atoms with E-state index in [-0.39, 0.29) is 5.91 Å². The van der Waals surface area contributed by atoms with Gasteiger partial charge in [-0.15, -0.1) is 6.42 Å². The Labute approximate surface area is 142 Å². The van der Waals surface area contributed by atoms with Crippen molar-refractivity contribution in [2.45, 2.75) is 38.8 Å². The van der Waals surface area contributed by atoms with Crippen molar-refractivity contribution in [2.75, 3.05) is 13.2 Å². The van der Waals surface area contributed by atoms with Gasteiger partial charge in [0.2, 0.25) is 0 Å². The second-order valence-corrected chi connectivity index (χ2v) is 6.83. The number of aromatic nitrogens is 2. The number of ether oxygens (including phenoxy) is 1. The van der Waals surface area contributed by atoms with Gasteiger partial charge in [-0.1, -0.05) is 24.1 Å². The third kappa shape index (κ3) is 3.44. The Morgan fingerprint density at radius 3 is 2.83 bits per heavy atom. The molecule has 1 aromatic heterocycles. The van der Waals surface area contributed by atoms with Crippen LogP contribution in [0.1, 0.15) is 37.2 Å². The summed E-state index contributed by atoms with van der Waals surface area (Å²) < 4.78 is 7.37. The average Bonchev–Trinajstić information content (AvgIpc) is 2.94. The van der Waals surface area contributed by atoms with Crippen molar-refractivity contribution >= 4 is 16.8 Å². The average molecular weight is 325 g/mol. The van der Waals surface area contributed by atoms with Crippen molar-refractivity contribution in [3.63, 3.8) is 0 Å². The highest BCUT2D eigenvalue weighted by Crippen LogP contribution is 2.23. The summed E-state index contributed by atoms with van der Waals surface area (Å²) in [5.74, 6) is 2.87. The molecule has 0 spiro atoms. The van der Waals surface area contributed by atoms with E-state index in [2.05, 4.69) is 16.3 Å². The molecular formula is C19H23N3O2. The first kappa shape index (κ1) is 16.5. The molecule has 1 aromatic carbocycles. The highest BCUT2D eigenvalue weighted by molar-refractivity contribution is 6.05. The first-order valence-electron chi connectivity index (χ1n) is 8.34. The number of carbonyl (C=O) groups excluding carboxylic acids is 1. The van der Waals surface area contributed by atoms with Crippen LogP contribution in [0, 0.1) is 18.3 Å². The Balaban J connectivity index is 1.91. The number of hydrogen-bond acceptors (Lipinski definition) is 3. The molecule has 0 saturated carbocycles. The maximum absolute atomic E-state index is 12.6. The van der Waals surface area contributed by atoms with Crippen LogP contribution in [0.25, 0.3) is 10.9 Å². The molecule has 3 rings (SSSR count). The summed E-state index contributed by atoms with van der Waals surface area (Å²) in [5.41, 5.74) is 0.705. The summed E-state index contributed by atoms with van der Waals surface area (Å²) in [6.45, 7) is 6.00. The summed E-state index contributed by atoms with van der Waals surface area (Å²) >= 11 is 0. The fourth-order valence-electron chi connectivity index (χ4n) is 2.99. The Kier molecular flexibility index (Phi) is 4.59. The van der Waals surface area contributed by atoms with E-state index in [0.717, 1.165) is 43.5 Å². The zero-order valence-electron chi connectivity index (χ0n) is 14.2. The van der Waals surface area contributed by atoms with Gasteiger partial charge in [-0.05, 0) is 38.7 Å². The molecule has 0 aliphatic carbocycles. The van der Waals surface area contributed by atoms with Crippen LogP contribution in [-0.4, -0.2) is 34.4 Å². The molecule has 2 aromatic rings. The van der Waals surface area contributed by atoms with E-state index in [1.807, 2.05) is 28.9 Å². The van der Waals surface area contributed by atoms with Gasteiger partial charge in [0.25, 0.3) is 5.91 Å². The SMILES string of the molecule is C#CC(C)(C)NC(=O)c1nn(CC2CCOCC2)c2ccccc12. The van der Waals surface area contributed by atoms with Gasteiger partial charge in [0.1, 0.15) is 0 Å². The van der Waals surface area contributed by atoms with Crippen molar-refractivity contribution in [1.29, 1.82) is 0 Å². The third-order valence-corrected chi connectivity index (χ3v) is 4.43. The molecule has 126 valence electrons. The van der Waals surface area contributed by atoms with Crippen LogP contribution in [0.4, 0.5) is 0 Å². The van der Waals surface area contributed by atoms with Crippen LogP contribution in [0.3, 0.4) is 0 Å². The third-order valence-electron chi connectivity index (χ3n) is 4.43. The quantitative estimate of drug-likeness (QED) is 0.879. The molecule has 24 heavy (non-hydrogen) atoms. The molecule has 5 heteroatoms. The lowest BCUT2D eigenvalue weighted by molar-refractivity contribution is 0.0604. The van der Waals surface area contributed by atoms with Gasteiger partial charge in [-0.2, -0.15) is 5.10 Å². The van der Waals surface area contributed by atoms with Crippen molar-refractivity contribution in [1.82, 2.24) is 15.1 Å². The van der Waals surface area contributed by atoms with Gasteiger partial charge < -0.3 is 10.1 Å². The van der Waals surface area contributed by atoms with Crippen molar-refractivity contribution in [3.8, 4) is 12.3 Å². The zero-order valence-corrected chi connectivity index (χ0v) is 14.2. The molecule has 1 aliphatic heterocycles. The molecule has 0 unspecified atom stereocenters. The van der Waals surface area contributed by atoms with Gasteiger partial charge in [0.05, 0.1) is 11.1 Å². The lowest BCUT2D eigenvalue weighted by Crippen LogP contribution is -2.42. The number of carbonyl (C=O) groups is 1. The van der Waals surface area contributed by atoms with Gasteiger partial charge in [0, 0.05) is 25.1 Å². The lowest BCUT2D eigenvalue weighted by atomic mass is 10.0. The second kappa shape index (κ2) is 6.66. The van der Waals surface area contributed by atoms with Crippen molar-refractivity contribution in [2.24, 2.45) is 5.92 Å². The van der Waals surface area contributed by atoms with E-state index < -0.39 is 5.54 Å². The first-order chi connectivity index (χ1) is 11.5. The van der Waals surface area contributed by atoms with Gasteiger partial charge in [-0.25, -0.2) is 0 Å². The Hall–Kier alpha value is -2.32. The molecule has 1 aliphatic rings. The molecule has 5 nitrogen and oxygen atoms in total. The fourth-order valence-corrected chi connectivity index (χ4v) is 2.99. The van der Waals surface area contributed by atoms with E-state index in [9.17, 15) is 4.79 Å². The number of nitrogens with zero attached hydrogens (tertiary/aromatic N) is 2. The zero-order chi connectivity index (χ0) is 17.2. The van der Waals surface area contributed by atoms with E-state index in [0.29, 0.717) is 11.6 Å². The van der Waals surface area contributed by atoms with Crippen LogP contribution in [0.15, 0.2) is 24.3 Å². The van der Waals surface area contributed by atoms with Crippen LogP contribution < -0.4 is 5.32 Å². The van der Waals surface area contributed by atoms with Crippen molar-refractivity contribution in [3.05, 3.63) is 30.0 Å². The summed E-state index contributed by atoms with van der Waals surface area (Å²) in [7, 11) is 0. The molecule has 1 saturated heterocycles. The number of benzene rings is 1. The van der Waals surface area contributed by atoms with Crippen LogP contribution >= 0.6 is 0 Å². The minimum atomic E-state index is -0.706. The number of para-hydroxylation sites is 1. The van der Waals surface area contributed by atoms with Gasteiger partial charge in [-0.3, -0.25) is 9.48 Å². The minimum absolute atomic E-state index is 0.236. The van der Waals surface area contributed by atoms with E-state index in [1.165, 1.54) is 0 Å². The lowest BCUT2D eigenvalue weighted by Gasteiger charge is -2.22. The van der Waals surface area contributed by atoms with Crippen molar-refractivity contribution < 1.29 is 9.53 Å². The van der Waals surface area contributed by atoms with Gasteiger partial charge >= 0.3 is 0 Å². The maximum atomic E-state index is 12.6. The fraction of sp³-hybridized carbons (Fsp3) is 0.474. The number of terminal acetylenes is 1. The molecule has 0 atom stereocenters. The van der Waals surface area contributed by atoms with Gasteiger partial charge in [0.15, 0.2) is 5.69 Å². The Morgan fingerprint density at radius 2 is 2.12 bits per heavy atom. The topological polar surface area (TPSA) is 56.2 Å². The Morgan fingerprint density at radius 1 is 1.42 bits per heavy atom. The monoisotopic (exact) mass is 325 g/mol. The first-order valence-corrected chi connectivity index (χ1v) is 8.34. The second-order valence-electron chi connectivity index (χ2n) is 6.83. The predicted octanol–water partition coefficient (Wildman–Crippen LogP) is 2.60. The number of amides is 1.